The van der Waals surface area contributed by atoms with Crippen molar-refractivity contribution in [3.05, 3.63) is 97.2 Å². The predicted octanol–water partition coefficient (Wildman–Crippen LogP) is 13.7. The van der Waals surface area contributed by atoms with Crippen molar-refractivity contribution < 1.29 is 42.7 Å². The number of carbonyl (C=O) groups excluding carboxylic acids is 1. The molecule has 0 aliphatic heterocycles. The van der Waals surface area contributed by atoms with Crippen molar-refractivity contribution in [1.29, 1.82) is 0 Å². The van der Waals surface area contributed by atoms with Crippen LogP contribution in [-0.2, 0) is 32.7 Å². The maximum Gasteiger partial charge on any atom is 0.472 e. The fraction of sp³-hybridized carbons (Fsp3) is 0.647. The largest absolute Gasteiger partial charge is 0.480 e. The third kappa shape index (κ3) is 44.9. The molecule has 0 amide bonds. The molecule has 0 aliphatic rings. The van der Waals surface area contributed by atoms with Crippen LogP contribution in [0.1, 0.15) is 174 Å². The molecule has 0 heterocycles. The molecular formula is C51H86NO9P. The lowest BCUT2D eigenvalue weighted by Crippen LogP contribution is -2.34. The Balaban J connectivity index is 4.31. The van der Waals surface area contributed by atoms with E-state index in [1.54, 1.807) is 0 Å². The highest BCUT2D eigenvalue weighted by molar-refractivity contribution is 7.47. The second-order valence-corrected chi connectivity index (χ2v) is 17.0. The number of rotatable bonds is 44. The van der Waals surface area contributed by atoms with Crippen LogP contribution < -0.4 is 5.73 Å². The van der Waals surface area contributed by atoms with Crippen molar-refractivity contribution >= 4 is 19.8 Å². The highest BCUT2D eigenvalue weighted by atomic mass is 31.2. The Kier molecular flexibility index (Phi) is 43.6. The first kappa shape index (κ1) is 58.9. The summed E-state index contributed by atoms with van der Waals surface area (Å²) in [5.74, 6) is -1.81. The number of phosphoric acid groups is 1. The van der Waals surface area contributed by atoms with Crippen LogP contribution in [0.2, 0.25) is 0 Å². The maximum atomic E-state index is 12.7. The number of phosphoric ester groups is 1. The summed E-state index contributed by atoms with van der Waals surface area (Å²) in [6.45, 7) is 3.65. The molecule has 0 aromatic carbocycles. The molecular weight excluding hydrogens is 802 g/mol. The second kappa shape index (κ2) is 45.9. The first-order chi connectivity index (χ1) is 30.2. The molecule has 0 rings (SSSR count). The number of ether oxygens (including phenoxy) is 2. The summed E-state index contributed by atoms with van der Waals surface area (Å²) in [7, 11) is -4.64. The summed E-state index contributed by atoms with van der Waals surface area (Å²) in [6, 6.07) is -1.49. The van der Waals surface area contributed by atoms with Gasteiger partial charge in [0.25, 0.3) is 0 Å². The Morgan fingerprint density at radius 2 is 0.935 bits per heavy atom. The highest BCUT2D eigenvalue weighted by Gasteiger charge is 2.27. The molecule has 354 valence electrons. The molecule has 0 aromatic heterocycles. The fourth-order valence-corrected chi connectivity index (χ4v) is 6.71. The van der Waals surface area contributed by atoms with Crippen molar-refractivity contribution in [3.8, 4) is 0 Å². The molecule has 10 nitrogen and oxygen atoms in total. The molecule has 0 aliphatic carbocycles. The van der Waals surface area contributed by atoms with Gasteiger partial charge < -0.3 is 25.2 Å². The molecule has 11 heteroatoms. The van der Waals surface area contributed by atoms with Gasteiger partial charge in [-0.1, -0.05) is 169 Å². The van der Waals surface area contributed by atoms with Crippen LogP contribution in [0.15, 0.2) is 97.2 Å². The lowest BCUT2D eigenvalue weighted by atomic mass is 10.1. The third-order valence-corrected chi connectivity index (χ3v) is 10.5. The number of allylic oxidation sites excluding steroid dienone is 16. The third-order valence-electron chi connectivity index (χ3n) is 9.60. The molecule has 0 aromatic rings. The Labute approximate surface area is 377 Å². The minimum atomic E-state index is -4.64. The van der Waals surface area contributed by atoms with Gasteiger partial charge >= 0.3 is 19.8 Å². The Morgan fingerprint density at radius 1 is 0.532 bits per heavy atom. The van der Waals surface area contributed by atoms with Crippen molar-refractivity contribution in [2.24, 2.45) is 5.73 Å². The number of unbranched alkanes of at least 4 members (excludes halogenated alkanes) is 14. The van der Waals surface area contributed by atoms with E-state index in [1.807, 2.05) is 0 Å². The lowest BCUT2D eigenvalue weighted by Gasteiger charge is -2.20. The molecule has 3 unspecified atom stereocenters. The molecule has 0 fully saturated rings. The van der Waals surface area contributed by atoms with E-state index < -0.39 is 45.1 Å². The molecule has 4 N–H and O–H groups in total. The van der Waals surface area contributed by atoms with E-state index in [-0.39, 0.29) is 13.0 Å². The monoisotopic (exact) mass is 888 g/mol. The summed E-state index contributed by atoms with van der Waals surface area (Å²) < 4.78 is 33.4. The molecule has 0 saturated heterocycles. The summed E-state index contributed by atoms with van der Waals surface area (Å²) in [5, 5.41) is 8.92. The van der Waals surface area contributed by atoms with E-state index in [1.165, 1.54) is 51.4 Å². The fourth-order valence-electron chi connectivity index (χ4n) is 5.93. The number of nitrogens with two attached hydrogens (primary N) is 1. The normalized spacial score (nSPS) is 14.6. The zero-order valence-corrected chi connectivity index (χ0v) is 39.6. The van der Waals surface area contributed by atoms with Crippen LogP contribution in [0.5, 0.6) is 0 Å². The molecule has 62 heavy (non-hydrogen) atoms. The van der Waals surface area contributed by atoms with Crippen molar-refractivity contribution in [2.75, 3.05) is 26.4 Å². The standard InChI is InChI=1S/C51H86NO9P/c1-3-5-7-9-11-13-15-17-19-21-23-24-25-26-28-30-32-34-36-38-40-42-44-58-45-48(46-59-62(56,57)60-47-49(52)51(54)55)61-50(53)43-41-39-37-35-33-31-29-27-22-20-18-16-14-12-10-8-6-4-2/h5,7,11,13-14,16-17,19-20,22-24,26,28,32,34,48-49H,3-4,6,8-10,12,15,18,21,25,27,29-31,33,35-47,52H2,1-2H3,(H,54,55)(H,56,57)/b7-5-,13-11-,16-14-,19-17-,22-20-,24-23-,28-26-,34-32-. The Hall–Kier alpha value is -3.11. The van der Waals surface area contributed by atoms with Gasteiger partial charge in [-0.15, -0.1) is 0 Å². The average Bonchev–Trinajstić information content (AvgIpc) is 3.25. The van der Waals surface area contributed by atoms with Gasteiger partial charge in [-0.3, -0.25) is 18.6 Å². The van der Waals surface area contributed by atoms with Gasteiger partial charge in [-0.25, -0.2) is 4.57 Å². The Bertz CT molecular complexity index is 1350. The van der Waals surface area contributed by atoms with Crippen LogP contribution in [-0.4, -0.2) is 60.5 Å². The molecule has 3 atom stereocenters. The summed E-state index contributed by atoms with van der Waals surface area (Å²) >= 11 is 0. The summed E-state index contributed by atoms with van der Waals surface area (Å²) in [6.07, 6.45) is 60.3. The number of carboxylic acid groups (broad SMARTS) is 1. The zero-order chi connectivity index (χ0) is 45.5. The van der Waals surface area contributed by atoms with Crippen LogP contribution in [0.3, 0.4) is 0 Å². The van der Waals surface area contributed by atoms with Gasteiger partial charge in [0.2, 0.25) is 0 Å². The van der Waals surface area contributed by atoms with Gasteiger partial charge in [-0.2, -0.15) is 0 Å². The number of aliphatic carboxylic acids is 1. The molecule has 0 saturated carbocycles. The number of hydrogen-bond acceptors (Lipinski definition) is 8. The van der Waals surface area contributed by atoms with Crippen molar-refractivity contribution in [1.82, 2.24) is 0 Å². The number of carboxylic acids is 1. The first-order valence-corrected chi connectivity index (χ1v) is 25.3. The molecule has 0 bridgehead atoms. The van der Waals surface area contributed by atoms with E-state index >= 15 is 0 Å². The minimum Gasteiger partial charge on any atom is -0.480 e. The van der Waals surface area contributed by atoms with E-state index in [9.17, 15) is 19.0 Å². The second-order valence-electron chi connectivity index (χ2n) is 15.5. The predicted molar refractivity (Wildman–Crippen MR) is 258 cm³/mol. The van der Waals surface area contributed by atoms with Gasteiger partial charge in [0.05, 0.1) is 19.8 Å². The SMILES string of the molecule is CC/C=C\C/C=C\C/C=C\C/C=C\C/C=C\C/C=C\CCCCCOCC(COP(=O)(O)OCC(N)C(=O)O)OC(=O)CCCCCCCCC/C=C\C/C=C\CCCCCC. The topological polar surface area (TPSA) is 155 Å². The van der Waals surface area contributed by atoms with E-state index in [2.05, 4.69) is 111 Å². The lowest BCUT2D eigenvalue weighted by molar-refractivity contribution is -0.154. The van der Waals surface area contributed by atoms with Crippen molar-refractivity contribution in [2.45, 2.75) is 187 Å². The smallest absolute Gasteiger partial charge is 0.472 e. The number of carbonyl (C=O) groups is 2. The van der Waals surface area contributed by atoms with Crippen LogP contribution in [0.25, 0.3) is 0 Å². The van der Waals surface area contributed by atoms with Crippen LogP contribution in [0, 0.1) is 0 Å². The van der Waals surface area contributed by atoms with Crippen LogP contribution >= 0.6 is 7.82 Å². The van der Waals surface area contributed by atoms with Gasteiger partial charge in [0.1, 0.15) is 12.1 Å². The zero-order valence-electron chi connectivity index (χ0n) is 38.7. The average molecular weight is 888 g/mol. The van der Waals surface area contributed by atoms with Gasteiger partial charge in [0, 0.05) is 13.0 Å². The first-order valence-electron chi connectivity index (χ1n) is 23.8. The highest BCUT2D eigenvalue weighted by Crippen LogP contribution is 2.43. The van der Waals surface area contributed by atoms with Gasteiger partial charge in [0.15, 0.2) is 0 Å². The minimum absolute atomic E-state index is 0.0153. The number of hydrogen-bond donors (Lipinski definition) is 3. The van der Waals surface area contributed by atoms with Gasteiger partial charge in [-0.05, 0) is 96.3 Å². The summed E-state index contributed by atoms with van der Waals surface area (Å²) in [5.41, 5.74) is 5.36. The van der Waals surface area contributed by atoms with E-state index in [0.717, 1.165) is 96.3 Å². The van der Waals surface area contributed by atoms with E-state index in [4.69, 9.17) is 29.4 Å². The molecule has 0 spiro atoms. The maximum absolute atomic E-state index is 12.7. The number of esters is 1. The van der Waals surface area contributed by atoms with Crippen molar-refractivity contribution in [3.63, 3.8) is 0 Å². The van der Waals surface area contributed by atoms with E-state index in [0.29, 0.717) is 13.0 Å². The Morgan fingerprint density at radius 3 is 1.40 bits per heavy atom. The quantitative estimate of drug-likeness (QED) is 0.0233. The van der Waals surface area contributed by atoms with Crippen LogP contribution in [0.4, 0.5) is 0 Å². The summed E-state index contributed by atoms with van der Waals surface area (Å²) in [4.78, 5) is 33.6. The molecule has 0 radical (unpaired) electrons.